The van der Waals surface area contributed by atoms with E-state index in [4.69, 9.17) is 14.2 Å². The van der Waals surface area contributed by atoms with Crippen LogP contribution in [-0.2, 0) is 37.0 Å². The summed E-state index contributed by atoms with van der Waals surface area (Å²) in [5.74, 6) is -0.659. The van der Waals surface area contributed by atoms with E-state index in [9.17, 15) is 14.4 Å². The fraction of sp³-hybridized carbons (Fsp3) is 0.444. The fourth-order valence-electron chi connectivity index (χ4n) is 4.04. The number of benzene rings is 2. The van der Waals surface area contributed by atoms with Gasteiger partial charge in [0.05, 0.1) is 13.2 Å². The van der Waals surface area contributed by atoms with Crippen LogP contribution in [0.15, 0.2) is 60.7 Å². The van der Waals surface area contributed by atoms with Gasteiger partial charge in [-0.25, -0.2) is 9.59 Å². The van der Waals surface area contributed by atoms with Crippen LogP contribution in [0.3, 0.4) is 0 Å². The fourth-order valence-corrected chi connectivity index (χ4v) is 4.04. The van der Waals surface area contributed by atoms with Gasteiger partial charge in [0.25, 0.3) is 0 Å². The molecule has 3 rings (SSSR count). The lowest BCUT2D eigenvalue weighted by molar-refractivity contribution is -0.155. The molecule has 188 valence electrons. The average Bonchev–Trinajstić information content (AvgIpc) is 3.02. The van der Waals surface area contributed by atoms with Crippen LogP contribution >= 0.6 is 0 Å². The zero-order valence-electron chi connectivity index (χ0n) is 20.4. The van der Waals surface area contributed by atoms with Crippen LogP contribution in [0.5, 0.6) is 0 Å². The molecular formula is C27H34N2O6. The molecule has 0 bridgehead atoms. The maximum absolute atomic E-state index is 13.0. The van der Waals surface area contributed by atoms with Gasteiger partial charge in [-0.2, -0.15) is 0 Å². The van der Waals surface area contributed by atoms with E-state index in [1.165, 1.54) is 4.90 Å². The number of esters is 1. The minimum absolute atomic E-state index is 0.103. The lowest BCUT2D eigenvalue weighted by Gasteiger charge is -2.32. The molecule has 2 aromatic carbocycles. The van der Waals surface area contributed by atoms with Crippen molar-refractivity contribution in [3.8, 4) is 0 Å². The van der Waals surface area contributed by atoms with Crippen LogP contribution in [0.2, 0.25) is 0 Å². The minimum Gasteiger partial charge on any atom is -0.464 e. The highest BCUT2D eigenvalue weighted by molar-refractivity contribution is 5.85. The van der Waals surface area contributed by atoms with Gasteiger partial charge in [-0.15, -0.1) is 0 Å². The van der Waals surface area contributed by atoms with Crippen LogP contribution in [0.25, 0.3) is 0 Å². The highest BCUT2D eigenvalue weighted by atomic mass is 16.6. The number of carbonyl (C=O) groups is 3. The quantitative estimate of drug-likeness (QED) is 0.378. The number of carbonyl (C=O) groups excluding carboxylic acids is 3. The van der Waals surface area contributed by atoms with Gasteiger partial charge < -0.3 is 24.0 Å². The molecule has 0 aromatic heterocycles. The minimum atomic E-state index is -0.777. The van der Waals surface area contributed by atoms with Crippen molar-refractivity contribution in [2.45, 2.75) is 52.0 Å². The van der Waals surface area contributed by atoms with Crippen LogP contribution in [0.4, 0.5) is 4.79 Å². The second-order valence-electron chi connectivity index (χ2n) is 8.47. The van der Waals surface area contributed by atoms with Crippen molar-refractivity contribution >= 4 is 18.0 Å². The Hall–Kier alpha value is -3.39. The van der Waals surface area contributed by atoms with Gasteiger partial charge in [0.1, 0.15) is 12.6 Å². The van der Waals surface area contributed by atoms with Crippen molar-refractivity contribution in [2.75, 3.05) is 26.3 Å². The summed E-state index contributed by atoms with van der Waals surface area (Å²) in [6, 6.07) is 18.1. The number of amides is 2. The number of nitrogens with zero attached hydrogens (tertiary/aromatic N) is 2. The molecule has 1 aliphatic rings. The normalized spacial score (nSPS) is 17.0. The van der Waals surface area contributed by atoms with Crippen molar-refractivity contribution in [2.24, 2.45) is 0 Å². The molecule has 0 radical (unpaired) electrons. The Kier molecular flexibility index (Phi) is 10.1. The first-order valence-electron chi connectivity index (χ1n) is 12.0. The SMILES string of the molecule is CCOC(=O)[C@H](CCOCc1ccccc1)N1C[C@@H](C)N(C(=O)OCc2ccccc2)CCC1=O. The van der Waals surface area contributed by atoms with E-state index in [2.05, 4.69) is 0 Å². The standard InChI is InChI=1S/C27H34N2O6/c1-3-34-26(31)24(15-17-33-19-22-10-6-4-7-11-22)29-18-21(2)28(16-14-25(29)30)27(32)35-20-23-12-8-5-9-13-23/h4-13,21,24H,3,14-20H2,1-2H3/t21-,24+/m1/s1. The van der Waals surface area contributed by atoms with Crippen LogP contribution < -0.4 is 0 Å². The zero-order chi connectivity index (χ0) is 25.0. The van der Waals surface area contributed by atoms with Crippen LogP contribution in [0.1, 0.15) is 37.8 Å². The van der Waals surface area contributed by atoms with Gasteiger partial charge >= 0.3 is 12.1 Å². The molecule has 8 heteroatoms. The lowest BCUT2D eigenvalue weighted by Crippen LogP contribution is -2.50. The molecule has 1 fully saturated rings. The Morgan fingerprint density at radius 2 is 1.60 bits per heavy atom. The van der Waals surface area contributed by atoms with Crippen LogP contribution in [-0.4, -0.2) is 66.2 Å². The molecule has 1 saturated heterocycles. The summed E-state index contributed by atoms with van der Waals surface area (Å²) in [5.41, 5.74) is 1.92. The van der Waals surface area contributed by atoms with E-state index in [0.717, 1.165) is 11.1 Å². The number of rotatable bonds is 10. The van der Waals surface area contributed by atoms with E-state index in [0.29, 0.717) is 19.6 Å². The Morgan fingerprint density at radius 3 is 2.23 bits per heavy atom. The molecule has 2 amide bonds. The summed E-state index contributed by atoms with van der Waals surface area (Å²) in [6.07, 6.45) is -0.0661. The molecule has 1 heterocycles. The van der Waals surface area contributed by atoms with Crippen molar-refractivity contribution in [3.05, 3.63) is 71.8 Å². The van der Waals surface area contributed by atoms with Crippen molar-refractivity contribution < 1.29 is 28.6 Å². The lowest BCUT2D eigenvalue weighted by atomic mass is 10.1. The van der Waals surface area contributed by atoms with E-state index < -0.39 is 18.1 Å². The number of hydrogen-bond donors (Lipinski definition) is 0. The second-order valence-corrected chi connectivity index (χ2v) is 8.47. The predicted octanol–water partition coefficient (Wildman–Crippen LogP) is 3.78. The van der Waals surface area contributed by atoms with E-state index in [1.54, 1.807) is 11.8 Å². The smallest absolute Gasteiger partial charge is 0.410 e. The second kappa shape index (κ2) is 13.5. The van der Waals surface area contributed by atoms with Gasteiger partial charge in [0.2, 0.25) is 5.91 Å². The zero-order valence-corrected chi connectivity index (χ0v) is 20.4. The highest BCUT2D eigenvalue weighted by Crippen LogP contribution is 2.19. The monoisotopic (exact) mass is 482 g/mol. The highest BCUT2D eigenvalue weighted by Gasteiger charge is 2.37. The molecule has 1 aliphatic heterocycles. The summed E-state index contributed by atoms with van der Waals surface area (Å²) in [5, 5.41) is 0. The average molecular weight is 483 g/mol. The maximum atomic E-state index is 13.0. The Bertz CT molecular complexity index is 953. The molecule has 8 nitrogen and oxygen atoms in total. The Balaban J connectivity index is 1.60. The Morgan fingerprint density at radius 1 is 0.971 bits per heavy atom. The van der Waals surface area contributed by atoms with Gasteiger partial charge in [-0.1, -0.05) is 60.7 Å². The molecule has 35 heavy (non-hydrogen) atoms. The molecule has 0 aliphatic carbocycles. The van der Waals surface area contributed by atoms with Gasteiger partial charge in [-0.05, 0) is 25.0 Å². The Labute approximate surface area is 206 Å². The molecule has 0 unspecified atom stereocenters. The molecule has 2 aromatic rings. The van der Waals surface area contributed by atoms with Gasteiger partial charge in [-0.3, -0.25) is 4.79 Å². The van der Waals surface area contributed by atoms with E-state index in [-0.39, 0.29) is 44.7 Å². The molecule has 2 atom stereocenters. The topological polar surface area (TPSA) is 85.4 Å². The third kappa shape index (κ3) is 7.82. The molecule has 0 saturated carbocycles. The maximum Gasteiger partial charge on any atom is 0.410 e. The number of ether oxygens (including phenoxy) is 3. The van der Waals surface area contributed by atoms with Gasteiger partial charge in [0.15, 0.2) is 0 Å². The van der Waals surface area contributed by atoms with E-state index in [1.807, 2.05) is 67.6 Å². The van der Waals surface area contributed by atoms with E-state index >= 15 is 0 Å². The molecule has 0 N–H and O–H groups in total. The molecular weight excluding hydrogens is 448 g/mol. The first-order valence-corrected chi connectivity index (χ1v) is 12.0. The first-order chi connectivity index (χ1) is 17.0. The third-order valence-electron chi connectivity index (χ3n) is 5.90. The van der Waals surface area contributed by atoms with Crippen molar-refractivity contribution in [1.82, 2.24) is 9.80 Å². The largest absolute Gasteiger partial charge is 0.464 e. The third-order valence-corrected chi connectivity index (χ3v) is 5.90. The predicted molar refractivity (Wildman–Crippen MR) is 130 cm³/mol. The summed E-state index contributed by atoms with van der Waals surface area (Å²) >= 11 is 0. The summed E-state index contributed by atoms with van der Waals surface area (Å²) in [7, 11) is 0. The number of hydrogen-bond acceptors (Lipinski definition) is 6. The van der Waals surface area contributed by atoms with Crippen molar-refractivity contribution in [1.29, 1.82) is 0 Å². The summed E-state index contributed by atoms with van der Waals surface area (Å²) in [6.45, 7) is 5.11. The summed E-state index contributed by atoms with van der Waals surface area (Å²) in [4.78, 5) is 41.6. The summed E-state index contributed by atoms with van der Waals surface area (Å²) < 4.78 is 16.5. The van der Waals surface area contributed by atoms with Crippen LogP contribution in [0, 0.1) is 0 Å². The van der Waals surface area contributed by atoms with Crippen molar-refractivity contribution in [3.63, 3.8) is 0 Å². The van der Waals surface area contributed by atoms with Gasteiger partial charge in [0, 0.05) is 38.6 Å². The first kappa shape index (κ1) is 26.2. The molecule has 0 spiro atoms.